The maximum Gasteiger partial charge on any atom is 0.195 e. The van der Waals surface area contributed by atoms with Gasteiger partial charge in [0.2, 0.25) is 0 Å². The number of para-hydroxylation sites is 1. The maximum absolute atomic E-state index is 12.4. The fraction of sp³-hybridized carbons (Fsp3) is 0.133. The van der Waals surface area contributed by atoms with Crippen LogP contribution in [0.3, 0.4) is 0 Å². The summed E-state index contributed by atoms with van der Waals surface area (Å²) in [5, 5.41) is 0.408. The molecule has 0 bridgehead atoms. The average Bonchev–Trinajstić information content (AvgIpc) is 2.32. The topological polar surface area (TPSA) is 43.1 Å². The lowest BCUT2D eigenvalue weighted by Gasteiger charge is -2.09. The Kier molecular flexibility index (Phi) is 3.39. The number of hydrogen-bond acceptors (Lipinski definition) is 2. The molecule has 2 rings (SSSR count). The number of rotatable bonds is 2. The largest absolute Gasteiger partial charge is 0.397 e. The molecule has 0 saturated carbocycles. The molecule has 0 atom stereocenters. The third-order valence-electron chi connectivity index (χ3n) is 2.92. The Hall–Kier alpha value is -1.80. The quantitative estimate of drug-likeness (QED) is 0.659. The zero-order valence-corrected chi connectivity index (χ0v) is 11.1. The first-order valence-electron chi connectivity index (χ1n) is 5.66. The molecule has 2 aromatic rings. The molecule has 2 aromatic carbocycles. The molecule has 0 saturated heterocycles. The van der Waals surface area contributed by atoms with Crippen LogP contribution < -0.4 is 5.73 Å². The summed E-state index contributed by atoms with van der Waals surface area (Å²) < 4.78 is 0. The van der Waals surface area contributed by atoms with Crippen LogP contribution in [0.4, 0.5) is 5.69 Å². The number of anilines is 1. The van der Waals surface area contributed by atoms with E-state index >= 15 is 0 Å². The molecule has 0 spiro atoms. The number of nitrogens with two attached hydrogens (primary N) is 1. The summed E-state index contributed by atoms with van der Waals surface area (Å²) in [5.74, 6) is -0.0903. The summed E-state index contributed by atoms with van der Waals surface area (Å²) in [4.78, 5) is 12.4. The van der Waals surface area contributed by atoms with Crippen LogP contribution in [0, 0.1) is 13.8 Å². The van der Waals surface area contributed by atoms with Crippen LogP contribution in [0.5, 0.6) is 0 Å². The number of ketones is 1. The molecule has 0 fully saturated rings. The summed E-state index contributed by atoms with van der Waals surface area (Å²) in [6.07, 6.45) is 0. The molecule has 2 N–H and O–H groups in total. The number of halogens is 1. The molecule has 2 nitrogen and oxygen atoms in total. The van der Waals surface area contributed by atoms with E-state index in [1.165, 1.54) is 0 Å². The Morgan fingerprint density at radius 2 is 1.83 bits per heavy atom. The van der Waals surface area contributed by atoms with Gasteiger partial charge in [-0.25, -0.2) is 0 Å². The van der Waals surface area contributed by atoms with Gasteiger partial charge >= 0.3 is 0 Å². The van der Waals surface area contributed by atoms with E-state index in [0.717, 1.165) is 11.1 Å². The van der Waals surface area contributed by atoms with Gasteiger partial charge < -0.3 is 5.73 Å². The van der Waals surface area contributed by atoms with Crippen molar-refractivity contribution in [2.24, 2.45) is 0 Å². The number of carbonyl (C=O) groups excluding carboxylic acids is 1. The zero-order chi connectivity index (χ0) is 13.3. The molecule has 0 heterocycles. The van der Waals surface area contributed by atoms with Gasteiger partial charge in [-0.15, -0.1) is 0 Å². The van der Waals surface area contributed by atoms with Gasteiger partial charge in [-0.1, -0.05) is 41.4 Å². The Labute approximate surface area is 111 Å². The third-order valence-corrected chi connectivity index (χ3v) is 3.25. The molecule has 0 amide bonds. The third kappa shape index (κ3) is 2.24. The monoisotopic (exact) mass is 259 g/mol. The fourth-order valence-electron chi connectivity index (χ4n) is 1.95. The summed E-state index contributed by atoms with van der Waals surface area (Å²) in [6.45, 7) is 3.91. The molecule has 92 valence electrons. The van der Waals surface area contributed by atoms with Crippen LogP contribution in [0.15, 0.2) is 36.4 Å². The molecular weight excluding hydrogens is 246 g/mol. The van der Waals surface area contributed by atoms with Crippen molar-refractivity contribution in [2.75, 3.05) is 5.73 Å². The summed E-state index contributed by atoms with van der Waals surface area (Å²) in [5.41, 5.74) is 9.37. The highest BCUT2D eigenvalue weighted by Crippen LogP contribution is 2.25. The van der Waals surface area contributed by atoms with Gasteiger partial charge in [0.15, 0.2) is 5.78 Å². The van der Waals surface area contributed by atoms with Crippen molar-refractivity contribution in [1.82, 2.24) is 0 Å². The van der Waals surface area contributed by atoms with Crippen molar-refractivity contribution in [2.45, 2.75) is 13.8 Å². The average molecular weight is 260 g/mol. The van der Waals surface area contributed by atoms with Crippen molar-refractivity contribution in [3.63, 3.8) is 0 Å². The van der Waals surface area contributed by atoms with E-state index in [2.05, 4.69) is 0 Å². The van der Waals surface area contributed by atoms with Crippen LogP contribution >= 0.6 is 11.6 Å². The first-order chi connectivity index (χ1) is 8.50. The molecule has 3 heteroatoms. The Bertz CT molecular complexity index is 620. The van der Waals surface area contributed by atoms with Gasteiger partial charge in [-0.05, 0) is 31.5 Å². The highest BCUT2D eigenvalue weighted by molar-refractivity contribution is 6.34. The van der Waals surface area contributed by atoms with Gasteiger partial charge in [-0.2, -0.15) is 0 Å². The molecular formula is C15H14ClNO. The van der Waals surface area contributed by atoms with E-state index < -0.39 is 0 Å². The molecule has 18 heavy (non-hydrogen) atoms. The molecule has 0 radical (unpaired) electrons. The van der Waals surface area contributed by atoms with Crippen molar-refractivity contribution in [3.05, 3.63) is 63.7 Å². The van der Waals surface area contributed by atoms with Gasteiger partial charge in [-0.3, -0.25) is 4.79 Å². The fourth-order valence-corrected chi connectivity index (χ4v) is 2.12. The van der Waals surface area contributed by atoms with E-state index in [4.69, 9.17) is 17.3 Å². The normalized spacial score (nSPS) is 10.4. The zero-order valence-electron chi connectivity index (χ0n) is 10.3. The van der Waals surface area contributed by atoms with E-state index in [-0.39, 0.29) is 5.78 Å². The second-order valence-corrected chi connectivity index (χ2v) is 4.76. The second kappa shape index (κ2) is 4.83. The number of hydrogen-bond donors (Lipinski definition) is 1. The highest BCUT2D eigenvalue weighted by Gasteiger charge is 2.15. The predicted molar refractivity (Wildman–Crippen MR) is 75.2 cm³/mol. The van der Waals surface area contributed by atoms with Gasteiger partial charge in [0.1, 0.15) is 0 Å². The van der Waals surface area contributed by atoms with E-state index in [1.54, 1.807) is 18.2 Å². The molecule has 0 unspecified atom stereocenters. The standard InChI is InChI=1S/C15H14ClNO/c1-9-6-7-11(10(2)8-9)15(18)12-4-3-5-13(16)14(12)17/h3-8H,17H2,1-2H3. The number of benzene rings is 2. The van der Waals surface area contributed by atoms with Gasteiger partial charge in [0.05, 0.1) is 10.7 Å². The number of nitrogen functional groups attached to an aromatic ring is 1. The molecule has 0 aliphatic heterocycles. The minimum absolute atomic E-state index is 0.0903. The SMILES string of the molecule is Cc1ccc(C(=O)c2cccc(Cl)c2N)c(C)c1. The van der Waals surface area contributed by atoms with Crippen molar-refractivity contribution >= 4 is 23.1 Å². The lowest BCUT2D eigenvalue weighted by molar-refractivity contribution is 0.103. The minimum Gasteiger partial charge on any atom is -0.397 e. The number of carbonyl (C=O) groups is 1. The van der Waals surface area contributed by atoms with E-state index in [1.807, 2.05) is 32.0 Å². The Morgan fingerprint density at radius 3 is 2.50 bits per heavy atom. The maximum atomic E-state index is 12.4. The first-order valence-corrected chi connectivity index (χ1v) is 6.04. The Balaban J connectivity index is 2.51. The highest BCUT2D eigenvalue weighted by atomic mass is 35.5. The smallest absolute Gasteiger partial charge is 0.195 e. The van der Waals surface area contributed by atoms with Crippen LogP contribution in [0.25, 0.3) is 0 Å². The molecule has 0 aromatic heterocycles. The van der Waals surface area contributed by atoms with E-state index in [9.17, 15) is 4.79 Å². The summed E-state index contributed by atoms with van der Waals surface area (Å²) >= 11 is 5.93. The van der Waals surface area contributed by atoms with Crippen LogP contribution in [-0.4, -0.2) is 5.78 Å². The van der Waals surface area contributed by atoms with Crippen molar-refractivity contribution in [1.29, 1.82) is 0 Å². The molecule has 0 aliphatic carbocycles. The first kappa shape index (κ1) is 12.7. The predicted octanol–water partition coefficient (Wildman–Crippen LogP) is 3.77. The van der Waals surface area contributed by atoms with Gasteiger partial charge in [0, 0.05) is 11.1 Å². The minimum atomic E-state index is -0.0903. The second-order valence-electron chi connectivity index (χ2n) is 4.35. The van der Waals surface area contributed by atoms with Crippen LogP contribution in [0.2, 0.25) is 5.02 Å². The summed E-state index contributed by atoms with van der Waals surface area (Å²) in [6, 6.07) is 10.8. The van der Waals surface area contributed by atoms with Gasteiger partial charge in [0.25, 0.3) is 0 Å². The van der Waals surface area contributed by atoms with Crippen LogP contribution in [-0.2, 0) is 0 Å². The van der Waals surface area contributed by atoms with E-state index in [0.29, 0.717) is 21.8 Å². The summed E-state index contributed by atoms with van der Waals surface area (Å²) in [7, 11) is 0. The number of aryl methyl sites for hydroxylation is 2. The van der Waals surface area contributed by atoms with Crippen molar-refractivity contribution in [3.8, 4) is 0 Å². The van der Waals surface area contributed by atoms with Crippen molar-refractivity contribution < 1.29 is 4.79 Å². The lowest BCUT2D eigenvalue weighted by atomic mass is 9.97. The Morgan fingerprint density at radius 1 is 1.11 bits per heavy atom. The lowest BCUT2D eigenvalue weighted by Crippen LogP contribution is -2.07. The van der Waals surface area contributed by atoms with Crippen LogP contribution in [0.1, 0.15) is 27.0 Å². The molecule has 0 aliphatic rings.